The number of nitrogens with one attached hydrogen (secondary N) is 1. The Bertz CT molecular complexity index is 509. The average Bonchev–Trinajstić information content (AvgIpc) is 2.32. The van der Waals surface area contributed by atoms with E-state index < -0.39 is 0 Å². The highest BCUT2D eigenvalue weighted by Gasteiger charge is 2.17. The highest BCUT2D eigenvalue weighted by atomic mass is 32.2. The van der Waals surface area contributed by atoms with Crippen molar-refractivity contribution in [3.8, 4) is 5.75 Å². The van der Waals surface area contributed by atoms with Crippen LogP contribution in [0.3, 0.4) is 0 Å². The molecule has 94 valence electrons. The molecule has 1 aromatic rings. The number of methoxy groups -OCH3 is 1. The molecule has 0 radical (unpaired) electrons. The molecular weight excluding hydrogens is 250 g/mol. The van der Waals surface area contributed by atoms with E-state index in [0.717, 1.165) is 16.6 Å². The van der Waals surface area contributed by atoms with Crippen molar-refractivity contribution in [2.75, 3.05) is 19.0 Å². The maximum atomic E-state index is 10.7. The van der Waals surface area contributed by atoms with Crippen molar-refractivity contribution in [3.05, 3.63) is 24.3 Å². The van der Waals surface area contributed by atoms with Crippen LogP contribution in [0, 0.1) is 0 Å². The molecule has 6 heteroatoms. The van der Waals surface area contributed by atoms with Gasteiger partial charge >= 0.3 is 0 Å². The molecule has 1 aromatic carbocycles. The third kappa shape index (κ3) is 3.33. The van der Waals surface area contributed by atoms with Crippen molar-refractivity contribution in [3.63, 3.8) is 0 Å². The number of nitrogens with zero attached hydrogens (tertiary/aromatic N) is 2. The topological polar surface area (TPSA) is 63.0 Å². The van der Waals surface area contributed by atoms with Crippen LogP contribution < -0.4 is 10.1 Å². The molecule has 2 rings (SSSR count). The average molecular weight is 263 g/mol. The summed E-state index contributed by atoms with van der Waals surface area (Å²) in [5.74, 6) is 0.849. The maximum Gasteiger partial charge on any atom is 0.193 e. The van der Waals surface area contributed by atoms with Gasteiger partial charge in [-0.05, 0) is 43.0 Å². The summed E-state index contributed by atoms with van der Waals surface area (Å²) in [6.07, 6.45) is 0. The zero-order chi connectivity index (χ0) is 13.0. The fraction of sp³-hybridized carbons (Fsp3) is 0.250. The number of benzene rings is 1. The van der Waals surface area contributed by atoms with Gasteiger partial charge in [0.1, 0.15) is 12.3 Å². The summed E-state index contributed by atoms with van der Waals surface area (Å²) >= 11 is 1.43. The van der Waals surface area contributed by atoms with E-state index in [2.05, 4.69) is 15.3 Å². The molecule has 0 unspecified atom stereocenters. The Morgan fingerprint density at radius 2 is 2.11 bits per heavy atom. The van der Waals surface area contributed by atoms with Gasteiger partial charge in [-0.1, -0.05) is 0 Å². The van der Waals surface area contributed by atoms with Crippen molar-refractivity contribution < 1.29 is 9.53 Å². The summed E-state index contributed by atoms with van der Waals surface area (Å²) in [6, 6.07) is 7.56. The van der Waals surface area contributed by atoms with Crippen molar-refractivity contribution in [1.29, 1.82) is 0 Å². The summed E-state index contributed by atoms with van der Waals surface area (Å²) < 4.78 is 5.07. The summed E-state index contributed by atoms with van der Waals surface area (Å²) in [5.41, 5.74) is 0.938. The van der Waals surface area contributed by atoms with E-state index in [1.54, 1.807) is 7.11 Å². The van der Waals surface area contributed by atoms with Crippen molar-refractivity contribution >= 4 is 33.6 Å². The Labute approximate surface area is 109 Å². The van der Waals surface area contributed by atoms with Crippen LogP contribution in [-0.4, -0.2) is 29.8 Å². The van der Waals surface area contributed by atoms with Crippen LogP contribution in [0.5, 0.6) is 5.75 Å². The second-order valence-corrected chi connectivity index (χ2v) is 4.63. The van der Waals surface area contributed by atoms with E-state index in [1.165, 1.54) is 18.7 Å². The Morgan fingerprint density at radius 3 is 2.67 bits per heavy atom. The lowest BCUT2D eigenvalue weighted by Crippen LogP contribution is -2.20. The second-order valence-electron chi connectivity index (χ2n) is 3.67. The molecule has 0 aliphatic carbocycles. The number of hydrogen-bond acceptors (Lipinski definition) is 5. The number of carbonyl (C=O) groups is 1. The molecule has 1 aliphatic rings. The Morgan fingerprint density at radius 1 is 1.44 bits per heavy atom. The van der Waals surface area contributed by atoms with Crippen LogP contribution >= 0.6 is 11.8 Å². The predicted octanol–water partition coefficient (Wildman–Crippen LogP) is 2.15. The molecular formula is C12H13N3O2S. The van der Waals surface area contributed by atoms with Crippen LogP contribution in [0.25, 0.3) is 0 Å². The van der Waals surface area contributed by atoms with Gasteiger partial charge in [0, 0.05) is 5.69 Å². The monoisotopic (exact) mass is 263 g/mol. The number of carbonyl (C=O) groups excluding carboxylic acids is 1. The SMILES string of the molecule is COc1ccc(NC2=NC(=NCC(C)=O)S2)cc1. The van der Waals surface area contributed by atoms with Gasteiger partial charge in [0.2, 0.25) is 0 Å². The molecule has 18 heavy (non-hydrogen) atoms. The molecule has 0 spiro atoms. The molecule has 1 aliphatic heterocycles. The van der Waals surface area contributed by atoms with Gasteiger partial charge in [0.05, 0.1) is 7.11 Å². The summed E-state index contributed by atoms with van der Waals surface area (Å²) in [4.78, 5) is 18.9. The van der Waals surface area contributed by atoms with Crippen LogP contribution in [0.2, 0.25) is 0 Å². The largest absolute Gasteiger partial charge is 0.497 e. The van der Waals surface area contributed by atoms with Gasteiger partial charge in [-0.3, -0.25) is 9.79 Å². The third-order valence-corrected chi connectivity index (χ3v) is 2.95. The molecule has 0 atom stereocenters. The number of ether oxygens (including phenoxy) is 1. The first kappa shape index (κ1) is 12.6. The number of thioether (sulfide) groups is 1. The Balaban J connectivity index is 1.90. The standard InChI is InChI=1S/C12H13N3O2S/c1-8(16)7-13-11-15-12(18-11)14-9-3-5-10(17-2)6-4-9/h3-6H,7H2,1-2H3,(H,13,14,15). The maximum absolute atomic E-state index is 10.7. The zero-order valence-electron chi connectivity index (χ0n) is 10.1. The lowest BCUT2D eigenvalue weighted by molar-refractivity contribution is -0.115. The Hall–Kier alpha value is -1.82. The molecule has 0 aromatic heterocycles. The molecule has 0 saturated carbocycles. The number of amidine groups is 2. The van der Waals surface area contributed by atoms with Crippen LogP contribution in [0.1, 0.15) is 6.92 Å². The van der Waals surface area contributed by atoms with Gasteiger partial charge in [-0.25, -0.2) is 0 Å². The molecule has 1 N–H and O–H groups in total. The van der Waals surface area contributed by atoms with Crippen molar-refractivity contribution in [2.24, 2.45) is 9.98 Å². The van der Waals surface area contributed by atoms with Crippen LogP contribution in [0.4, 0.5) is 5.69 Å². The van der Waals surface area contributed by atoms with Crippen LogP contribution in [0.15, 0.2) is 34.3 Å². The second kappa shape index (κ2) is 5.68. The van der Waals surface area contributed by atoms with Gasteiger partial charge in [-0.15, -0.1) is 0 Å². The van der Waals surface area contributed by atoms with Crippen molar-refractivity contribution in [2.45, 2.75) is 6.92 Å². The Kier molecular flexibility index (Phi) is 3.99. The normalized spacial score (nSPS) is 15.9. The zero-order valence-corrected chi connectivity index (χ0v) is 11.0. The molecule has 0 fully saturated rings. The molecule has 0 saturated heterocycles. The number of Topliss-reactive ketones (excluding diaryl/α,β-unsaturated/α-hetero) is 1. The quantitative estimate of drug-likeness (QED) is 0.904. The minimum absolute atomic E-state index is 0.0369. The number of anilines is 1. The van der Waals surface area contributed by atoms with E-state index in [4.69, 9.17) is 4.74 Å². The summed E-state index contributed by atoms with van der Waals surface area (Å²) in [7, 11) is 1.63. The van der Waals surface area contributed by atoms with Gasteiger partial charge in [0.15, 0.2) is 16.1 Å². The van der Waals surface area contributed by atoms with Gasteiger partial charge < -0.3 is 10.1 Å². The highest BCUT2D eigenvalue weighted by molar-refractivity contribution is 8.29. The van der Waals surface area contributed by atoms with E-state index in [0.29, 0.717) is 5.17 Å². The van der Waals surface area contributed by atoms with E-state index in [9.17, 15) is 4.79 Å². The smallest absolute Gasteiger partial charge is 0.193 e. The summed E-state index contributed by atoms with van der Waals surface area (Å²) in [5, 5.41) is 4.56. The van der Waals surface area contributed by atoms with Gasteiger partial charge in [-0.2, -0.15) is 4.99 Å². The van der Waals surface area contributed by atoms with E-state index >= 15 is 0 Å². The number of hydrogen-bond donors (Lipinski definition) is 1. The number of ketones is 1. The first-order chi connectivity index (χ1) is 8.67. The number of aliphatic imine (C=N–C) groups is 2. The molecule has 5 nitrogen and oxygen atoms in total. The third-order valence-electron chi connectivity index (χ3n) is 2.16. The minimum atomic E-state index is 0.0369. The van der Waals surface area contributed by atoms with Gasteiger partial charge in [0.25, 0.3) is 0 Å². The minimum Gasteiger partial charge on any atom is -0.497 e. The molecule has 0 bridgehead atoms. The first-order valence-corrected chi connectivity index (χ1v) is 6.20. The number of rotatable bonds is 4. The fourth-order valence-electron chi connectivity index (χ4n) is 1.28. The fourth-order valence-corrected chi connectivity index (χ4v) is 1.89. The summed E-state index contributed by atoms with van der Waals surface area (Å²) in [6.45, 7) is 1.70. The lowest BCUT2D eigenvalue weighted by atomic mass is 10.3. The highest BCUT2D eigenvalue weighted by Crippen LogP contribution is 2.23. The van der Waals surface area contributed by atoms with Crippen LogP contribution in [-0.2, 0) is 4.79 Å². The van der Waals surface area contributed by atoms with E-state index in [-0.39, 0.29) is 12.3 Å². The molecule has 0 amide bonds. The first-order valence-electron chi connectivity index (χ1n) is 5.39. The lowest BCUT2D eigenvalue weighted by Gasteiger charge is -2.16. The van der Waals surface area contributed by atoms with Crippen molar-refractivity contribution in [1.82, 2.24) is 0 Å². The predicted molar refractivity (Wildman–Crippen MR) is 74.6 cm³/mol. The van der Waals surface area contributed by atoms with E-state index in [1.807, 2.05) is 24.3 Å². The molecule has 1 heterocycles.